The fourth-order valence-electron chi connectivity index (χ4n) is 3.76. The molecule has 2 rings (SSSR count). The summed E-state index contributed by atoms with van der Waals surface area (Å²) in [5.74, 6) is 0.00363. The molecule has 170 valence electrons. The number of carbonyl (C=O) groups is 1. The van der Waals surface area contributed by atoms with Gasteiger partial charge in [-0.1, -0.05) is 45.2 Å². The number of benzene rings is 1. The highest BCUT2D eigenvalue weighted by Gasteiger charge is 2.40. The van der Waals surface area contributed by atoms with E-state index in [1.54, 1.807) is 0 Å². The van der Waals surface area contributed by atoms with Crippen LogP contribution in [0.1, 0.15) is 57.9 Å². The molecule has 1 aromatic rings. The first-order chi connectivity index (χ1) is 14.1. The van der Waals surface area contributed by atoms with Gasteiger partial charge in [-0.25, -0.2) is 8.42 Å². The van der Waals surface area contributed by atoms with Gasteiger partial charge in [0.05, 0.1) is 10.5 Å². The van der Waals surface area contributed by atoms with Crippen LogP contribution in [0.5, 0.6) is 0 Å². The second-order valence-electron chi connectivity index (χ2n) is 7.83. The second-order valence-corrected chi connectivity index (χ2v) is 9.74. The molecule has 5 nitrogen and oxygen atoms in total. The molecule has 1 saturated heterocycles. The highest BCUT2D eigenvalue weighted by Crippen LogP contribution is 2.36. The van der Waals surface area contributed by atoms with Crippen molar-refractivity contribution in [2.24, 2.45) is 11.8 Å². The molecule has 0 radical (unpaired) electrons. The summed E-state index contributed by atoms with van der Waals surface area (Å²) < 4.78 is 66.4. The van der Waals surface area contributed by atoms with Crippen molar-refractivity contribution in [3.8, 4) is 0 Å². The van der Waals surface area contributed by atoms with E-state index in [2.05, 4.69) is 19.2 Å². The topological polar surface area (TPSA) is 66.5 Å². The Balaban J connectivity index is 1.98. The van der Waals surface area contributed by atoms with Crippen LogP contribution >= 0.6 is 0 Å². The molecule has 0 aromatic heterocycles. The average Bonchev–Trinajstić information content (AvgIpc) is 2.73. The number of rotatable bonds is 9. The lowest BCUT2D eigenvalue weighted by Gasteiger charge is -2.31. The fraction of sp³-hybridized carbons (Fsp3) is 0.667. The number of piperidine rings is 1. The standard InChI is InChI=1S/C21H31F3N2O3S/c1-3-5-8-16(4-2)15-25-20(27)17-11-13-26(14-12-17)30(28,29)19-10-7-6-9-18(19)21(22,23)24/h6-7,9-10,16-17H,3-5,8,11-15H2,1-2H3,(H,25,27). The average molecular weight is 449 g/mol. The third kappa shape index (κ3) is 6.20. The number of hydrogen-bond acceptors (Lipinski definition) is 3. The fourth-order valence-corrected chi connectivity index (χ4v) is 5.44. The summed E-state index contributed by atoms with van der Waals surface area (Å²) in [6.45, 7) is 4.88. The van der Waals surface area contributed by atoms with E-state index in [1.165, 1.54) is 12.1 Å². The summed E-state index contributed by atoms with van der Waals surface area (Å²) in [5.41, 5.74) is -1.16. The van der Waals surface area contributed by atoms with E-state index in [1.807, 2.05) is 0 Å². The number of hydrogen-bond donors (Lipinski definition) is 1. The van der Waals surface area contributed by atoms with Gasteiger partial charge in [-0.15, -0.1) is 0 Å². The Hall–Kier alpha value is -1.61. The van der Waals surface area contributed by atoms with Crippen LogP contribution < -0.4 is 5.32 Å². The third-order valence-corrected chi connectivity index (χ3v) is 7.70. The maximum Gasteiger partial charge on any atom is 0.417 e. The number of halogens is 3. The number of sulfonamides is 1. The van der Waals surface area contributed by atoms with Crippen LogP contribution in [0.4, 0.5) is 13.2 Å². The lowest BCUT2D eigenvalue weighted by molar-refractivity contribution is -0.139. The molecular formula is C21H31F3N2O3S. The first-order valence-electron chi connectivity index (χ1n) is 10.5. The predicted molar refractivity (Wildman–Crippen MR) is 109 cm³/mol. The van der Waals surface area contributed by atoms with E-state index in [0.717, 1.165) is 42.1 Å². The predicted octanol–water partition coefficient (Wildman–Crippen LogP) is 4.44. The van der Waals surface area contributed by atoms with E-state index in [4.69, 9.17) is 0 Å². The Bertz CT molecular complexity index is 804. The SMILES string of the molecule is CCCCC(CC)CNC(=O)C1CCN(S(=O)(=O)c2ccccc2C(F)(F)F)CC1. The van der Waals surface area contributed by atoms with Crippen LogP contribution in [-0.2, 0) is 21.0 Å². The second kappa shape index (κ2) is 10.6. The normalized spacial score (nSPS) is 17.6. The number of unbranched alkanes of at least 4 members (excludes halogenated alkanes) is 1. The number of amides is 1. The molecular weight excluding hydrogens is 417 g/mol. The minimum Gasteiger partial charge on any atom is -0.356 e. The molecule has 0 aliphatic carbocycles. The largest absolute Gasteiger partial charge is 0.417 e. The van der Waals surface area contributed by atoms with Crippen LogP contribution in [0.3, 0.4) is 0 Å². The summed E-state index contributed by atoms with van der Waals surface area (Å²) in [4.78, 5) is 11.7. The zero-order valence-corrected chi connectivity index (χ0v) is 18.4. The number of nitrogens with zero attached hydrogens (tertiary/aromatic N) is 1. The van der Waals surface area contributed by atoms with Gasteiger partial charge in [0.15, 0.2) is 0 Å². The van der Waals surface area contributed by atoms with Crippen molar-refractivity contribution in [2.75, 3.05) is 19.6 Å². The van der Waals surface area contributed by atoms with Crippen molar-refractivity contribution in [3.63, 3.8) is 0 Å². The highest BCUT2D eigenvalue weighted by molar-refractivity contribution is 7.89. The summed E-state index contributed by atoms with van der Waals surface area (Å²) in [5, 5.41) is 2.97. The van der Waals surface area contributed by atoms with Crippen LogP contribution in [0.2, 0.25) is 0 Å². The van der Waals surface area contributed by atoms with Crippen molar-refractivity contribution < 1.29 is 26.4 Å². The number of nitrogens with one attached hydrogen (secondary N) is 1. The first kappa shape index (κ1) is 24.7. The molecule has 0 spiro atoms. The van der Waals surface area contributed by atoms with Gasteiger partial charge >= 0.3 is 6.18 Å². The highest BCUT2D eigenvalue weighted by atomic mass is 32.2. The Morgan fingerprint density at radius 1 is 1.20 bits per heavy atom. The van der Waals surface area contributed by atoms with Gasteiger partial charge in [0.2, 0.25) is 15.9 Å². The maximum atomic E-state index is 13.2. The smallest absolute Gasteiger partial charge is 0.356 e. The Kier molecular flexibility index (Phi) is 8.73. The molecule has 1 N–H and O–H groups in total. The van der Waals surface area contributed by atoms with Gasteiger partial charge in [0.25, 0.3) is 0 Å². The Morgan fingerprint density at radius 2 is 1.83 bits per heavy atom. The molecule has 0 bridgehead atoms. The molecule has 0 saturated carbocycles. The summed E-state index contributed by atoms with van der Waals surface area (Å²) in [6.07, 6.45) is 0.0997. The van der Waals surface area contributed by atoms with Gasteiger partial charge in [-0.05, 0) is 37.3 Å². The molecule has 1 amide bonds. The number of alkyl halides is 3. The third-order valence-electron chi connectivity index (χ3n) is 5.74. The lowest BCUT2D eigenvalue weighted by Crippen LogP contribution is -2.44. The Labute approximate surface area is 177 Å². The van der Waals surface area contributed by atoms with E-state index in [0.29, 0.717) is 25.3 Å². The zero-order valence-electron chi connectivity index (χ0n) is 17.5. The van der Waals surface area contributed by atoms with Crippen LogP contribution in [-0.4, -0.2) is 38.3 Å². The summed E-state index contributed by atoms with van der Waals surface area (Å²) in [7, 11) is -4.28. The molecule has 1 aliphatic heterocycles. The molecule has 1 heterocycles. The molecule has 30 heavy (non-hydrogen) atoms. The van der Waals surface area contributed by atoms with Gasteiger partial charge < -0.3 is 5.32 Å². The quantitative estimate of drug-likeness (QED) is 0.607. The van der Waals surface area contributed by atoms with Crippen molar-refractivity contribution in [1.82, 2.24) is 9.62 Å². The maximum absolute atomic E-state index is 13.2. The van der Waals surface area contributed by atoms with E-state index >= 15 is 0 Å². The minimum atomic E-state index is -4.75. The Morgan fingerprint density at radius 3 is 2.40 bits per heavy atom. The van der Waals surface area contributed by atoms with Crippen LogP contribution in [0, 0.1) is 11.8 Å². The van der Waals surface area contributed by atoms with E-state index in [-0.39, 0.29) is 24.9 Å². The van der Waals surface area contributed by atoms with Crippen molar-refractivity contribution in [2.45, 2.75) is 63.4 Å². The van der Waals surface area contributed by atoms with Crippen LogP contribution in [0.25, 0.3) is 0 Å². The zero-order chi connectivity index (χ0) is 22.4. The molecule has 1 aromatic carbocycles. The van der Waals surface area contributed by atoms with Gasteiger partial charge in [-0.2, -0.15) is 17.5 Å². The molecule has 1 fully saturated rings. The summed E-state index contributed by atoms with van der Waals surface area (Å²) in [6, 6.07) is 4.21. The van der Waals surface area contributed by atoms with Crippen molar-refractivity contribution in [3.05, 3.63) is 29.8 Å². The van der Waals surface area contributed by atoms with Gasteiger partial charge in [0, 0.05) is 25.6 Å². The first-order valence-corrected chi connectivity index (χ1v) is 12.0. The molecule has 1 aliphatic rings. The van der Waals surface area contributed by atoms with Crippen molar-refractivity contribution >= 4 is 15.9 Å². The van der Waals surface area contributed by atoms with Gasteiger partial charge in [-0.3, -0.25) is 4.79 Å². The van der Waals surface area contributed by atoms with Crippen LogP contribution in [0.15, 0.2) is 29.2 Å². The van der Waals surface area contributed by atoms with E-state index in [9.17, 15) is 26.4 Å². The van der Waals surface area contributed by atoms with Gasteiger partial charge in [0.1, 0.15) is 0 Å². The molecule has 1 atom stereocenters. The monoisotopic (exact) mass is 448 g/mol. The number of carbonyl (C=O) groups excluding carboxylic acids is 1. The molecule has 1 unspecified atom stereocenters. The molecule has 9 heteroatoms. The summed E-state index contributed by atoms with van der Waals surface area (Å²) >= 11 is 0. The van der Waals surface area contributed by atoms with E-state index < -0.39 is 26.7 Å². The van der Waals surface area contributed by atoms with Crippen molar-refractivity contribution in [1.29, 1.82) is 0 Å². The minimum absolute atomic E-state index is 0.0274. The lowest BCUT2D eigenvalue weighted by atomic mass is 9.95.